The van der Waals surface area contributed by atoms with E-state index in [2.05, 4.69) is 5.32 Å². The fourth-order valence-corrected chi connectivity index (χ4v) is 3.91. The summed E-state index contributed by atoms with van der Waals surface area (Å²) in [5.41, 5.74) is 0.841. The molecule has 2 N–H and O–H groups in total. The molecule has 1 fully saturated rings. The first-order valence-corrected chi connectivity index (χ1v) is 11.4. The van der Waals surface area contributed by atoms with E-state index in [4.69, 9.17) is 14.2 Å². The molecule has 1 aliphatic rings. The number of carboxylic acids is 1. The van der Waals surface area contributed by atoms with Crippen LogP contribution in [-0.4, -0.2) is 59.4 Å². The van der Waals surface area contributed by atoms with Gasteiger partial charge in [0.25, 0.3) is 11.1 Å². The number of para-hydroxylation sites is 1. The van der Waals surface area contributed by atoms with Gasteiger partial charge in [0.05, 0.1) is 18.6 Å². The zero-order valence-corrected chi connectivity index (χ0v) is 20.1. The Morgan fingerprint density at radius 2 is 1.89 bits per heavy atom. The molecular formula is C24H24N2O8S. The SMILES string of the molecule is CCOc1ccc(NC(=O)CN2C(=O)S/C(=C\c3cccc(OC)c3O[C@H](C)C(=O)O)C2=O)cc1. The van der Waals surface area contributed by atoms with Gasteiger partial charge in [-0.05, 0) is 62.0 Å². The number of anilines is 1. The van der Waals surface area contributed by atoms with Gasteiger partial charge in [-0.15, -0.1) is 0 Å². The highest BCUT2D eigenvalue weighted by Gasteiger charge is 2.36. The quantitative estimate of drug-likeness (QED) is 0.470. The molecule has 10 nitrogen and oxygen atoms in total. The summed E-state index contributed by atoms with van der Waals surface area (Å²) in [6, 6.07) is 11.5. The maximum absolute atomic E-state index is 12.9. The molecule has 1 heterocycles. The van der Waals surface area contributed by atoms with E-state index < -0.39 is 35.7 Å². The number of carbonyl (C=O) groups excluding carboxylic acids is 3. The molecule has 1 aliphatic heterocycles. The highest BCUT2D eigenvalue weighted by Crippen LogP contribution is 2.37. The molecule has 1 saturated heterocycles. The van der Waals surface area contributed by atoms with Crippen LogP contribution in [0.2, 0.25) is 0 Å². The second-order valence-corrected chi connectivity index (χ2v) is 8.24. The van der Waals surface area contributed by atoms with Gasteiger partial charge in [-0.2, -0.15) is 0 Å². The first-order valence-electron chi connectivity index (χ1n) is 10.6. The number of nitrogens with zero attached hydrogens (tertiary/aromatic N) is 1. The summed E-state index contributed by atoms with van der Waals surface area (Å²) in [4.78, 5) is 49.9. The van der Waals surface area contributed by atoms with Crippen molar-refractivity contribution in [2.45, 2.75) is 20.0 Å². The smallest absolute Gasteiger partial charge is 0.344 e. The zero-order chi connectivity index (χ0) is 25.5. The summed E-state index contributed by atoms with van der Waals surface area (Å²) in [6.07, 6.45) is 0.224. The van der Waals surface area contributed by atoms with Crippen molar-refractivity contribution in [1.82, 2.24) is 4.90 Å². The van der Waals surface area contributed by atoms with E-state index in [1.807, 2.05) is 6.92 Å². The lowest BCUT2D eigenvalue weighted by molar-refractivity contribution is -0.144. The Balaban J connectivity index is 1.75. The van der Waals surface area contributed by atoms with Gasteiger partial charge in [0.2, 0.25) is 5.91 Å². The molecule has 0 radical (unpaired) electrons. The molecule has 0 saturated carbocycles. The summed E-state index contributed by atoms with van der Waals surface area (Å²) in [7, 11) is 1.40. The number of aliphatic carboxylic acids is 1. The largest absolute Gasteiger partial charge is 0.494 e. The van der Waals surface area contributed by atoms with Gasteiger partial charge in [0.15, 0.2) is 17.6 Å². The second kappa shape index (κ2) is 11.4. The Bertz CT molecular complexity index is 1160. The van der Waals surface area contributed by atoms with Gasteiger partial charge >= 0.3 is 5.97 Å². The zero-order valence-electron chi connectivity index (χ0n) is 19.3. The Kier molecular flexibility index (Phi) is 8.37. The molecule has 3 rings (SSSR count). The Morgan fingerprint density at radius 3 is 2.51 bits per heavy atom. The fourth-order valence-electron chi connectivity index (χ4n) is 3.08. The van der Waals surface area contributed by atoms with Crippen molar-refractivity contribution >= 4 is 46.5 Å². The predicted molar refractivity (Wildman–Crippen MR) is 130 cm³/mol. The van der Waals surface area contributed by atoms with Crippen LogP contribution >= 0.6 is 11.8 Å². The molecule has 2 aromatic rings. The molecular weight excluding hydrogens is 476 g/mol. The van der Waals surface area contributed by atoms with Gasteiger partial charge in [-0.25, -0.2) is 4.79 Å². The minimum absolute atomic E-state index is 0.0601. The van der Waals surface area contributed by atoms with Crippen molar-refractivity contribution in [2.24, 2.45) is 0 Å². The average Bonchev–Trinajstić information content (AvgIpc) is 3.08. The van der Waals surface area contributed by atoms with E-state index in [9.17, 15) is 24.3 Å². The van der Waals surface area contributed by atoms with Crippen molar-refractivity contribution in [3.8, 4) is 17.2 Å². The standard InChI is InChI=1S/C24H24N2O8S/c1-4-33-17-10-8-16(9-11-17)25-20(27)13-26-22(28)19(35-24(26)31)12-15-6-5-7-18(32-3)21(15)34-14(2)23(29)30/h5-12,14H,4,13H2,1-3H3,(H,25,27)(H,29,30)/b19-12-/t14-/m1/s1. The maximum Gasteiger partial charge on any atom is 0.344 e. The topological polar surface area (TPSA) is 131 Å². The minimum Gasteiger partial charge on any atom is -0.494 e. The number of imide groups is 1. The van der Waals surface area contributed by atoms with E-state index in [0.717, 1.165) is 4.90 Å². The van der Waals surface area contributed by atoms with Crippen molar-refractivity contribution in [1.29, 1.82) is 0 Å². The Labute approximate surface area is 205 Å². The number of carboxylic acid groups (broad SMARTS) is 1. The van der Waals surface area contributed by atoms with Crippen molar-refractivity contribution < 1.29 is 38.5 Å². The molecule has 3 amide bonds. The summed E-state index contributed by atoms with van der Waals surface area (Å²) >= 11 is 0.669. The lowest BCUT2D eigenvalue weighted by Gasteiger charge is -2.16. The molecule has 0 aromatic heterocycles. The van der Waals surface area contributed by atoms with Crippen molar-refractivity contribution in [3.63, 3.8) is 0 Å². The molecule has 2 aromatic carbocycles. The van der Waals surface area contributed by atoms with Crippen molar-refractivity contribution in [2.75, 3.05) is 25.6 Å². The number of hydrogen-bond acceptors (Lipinski definition) is 8. The van der Waals surface area contributed by atoms with Crippen LogP contribution in [0.25, 0.3) is 6.08 Å². The van der Waals surface area contributed by atoms with Gasteiger partial charge in [0.1, 0.15) is 12.3 Å². The number of hydrogen-bond donors (Lipinski definition) is 2. The number of rotatable bonds is 10. The second-order valence-electron chi connectivity index (χ2n) is 7.25. The van der Waals surface area contributed by atoms with Crippen LogP contribution < -0.4 is 19.5 Å². The number of thioether (sulfide) groups is 1. The molecule has 1 atom stereocenters. The normalized spacial score (nSPS) is 15.2. The molecule has 0 bridgehead atoms. The summed E-state index contributed by atoms with van der Waals surface area (Å²) in [5, 5.41) is 11.2. The van der Waals surface area contributed by atoms with Crippen LogP contribution in [0, 0.1) is 0 Å². The number of ether oxygens (including phenoxy) is 3. The average molecular weight is 501 g/mol. The predicted octanol–water partition coefficient (Wildman–Crippen LogP) is 3.62. The molecule has 0 unspecified atom stereocenters. The number of benzene rings is 2. The van der Waals surface area contributed by atoms with E-state index in [1.165, 1.54) is 20.1 Å². The van der Waals surface area contributed by atoms with Crippen LogP contribution in [0.4, 0.5) is 10.5 Å². The highest BCUT2D eigenvalue weighted by atomic mass is 32.2. The number of methoxy groups -OCH3 is 1. The van der Waals surface area contributed by atoms with Gasteiger partial charge < -0.3 is 24.6 Å². The van der Waals surface area contributed by atoms with Crippen molar-refractivity contribution in [3.05, 3.63) is 52.9 Å². The van der Waals surface area contributed by atoms with E-state index in [0.29, 0.717) is 35.4 Å². The molecule has 0 spiro atoms. The summed E-state index contributed by atoms with van der Waals surface area (Å²) in [5.74, 6) is -1.34. The third kappa shape index (κ3) is 6.33. The van der Waals surface area contributed by atoms with E-state index in [1.54, 1.807) is 42.5 Å². The lowest BCUT2D eigenvalue weighted by atomic mass is 10.1. The maximum atomic E-state index is 12.9. The number of carbonyl (C=O) groups is 4. The van der Waals surface area contributed by atoms with Crippen LogP contribution in [0.3, 0.4) is 0 Å². The van der Waals surface area contributed by atoms with Gasteiger partial charge in [0, 0.05) is 11.3 Å². The number of nitrogens with one attached hydrogen (secondary N) is 1. The monoisotopic (exact) mass is 500 g/mol. The summed E-state index contributed by atoms with van der Waals surface area (Å²) < 4.78 is 16.1. The Morgan fingerprint density at radius 1 is 1.17 bits per heavy atom. The molecule has 35 heavy (non-hydrogen) atoms. The van der Waals surface area contributed by atoms with Gasteiger partial charge in [-0.3, -0.25) is 19.3 Å². The highest BCUT2D eigenvalue weighted by molar-refractivity contribution is 8.18. The number of amides is 3. The minimum atomic E-state index is -1.18. The van der Waals surface area contributed by atoms with Crippen LogP contribution in [0.1, 0.15) is 19.4 Å². The first-order chi connectivity index (χ1) is 16.7. The van der Waals surface area contributed by atoms with Crippen LogP contribution in [0.5, 0.6) is 17.2 Å². The van der Waals surface area contributed by atoms with Gasteiger partial charge in [-0.1, -0.05) is 12.1 Å². The first kappa shape index (κ1) is 25.6. The van der Waals surface area contributed by atoms with Crippen LogP contribution in [0.15, 0.2) is 47.4 Å². The third-order valence-corrected chi connectivity index (χ3v) is 5.69. The Hall–Kier alpha value is -3.99. The van der Waals surface area contributed by atoms with Crippen LogP contribution in [-0.2, 0) is 14.4 Å². The molecule has 11 heteroatoms. The van der Waals surface area contributed by atoms with E-state index in [-0.39, 0.29) is 16.4 Å². The fraction of sp³-hybridized carbons (Fsp3) is 0.250. The lowest BCUT2D eigenvalue weighted by Crippen LogP contribution is -2.36. The molecule has 184 valence electrons. The molecule has 0 aliphatic carbocycles. The summed E-state index contributed by atoms with van der Waals surface area (Å²) in [6.45, 7) is 3.27. The van der Waals surface area contributed by atoms with E-state index >= 15 is 0 Å². The third-order valence-electron chi connectivity index (χ3n) is 4.78.